The zero-order valence-electron chi connectivity index (χ0n) is 13.3. The maximum Gasteiger partial charge on any atom is 0.280 e. The van der Waals surface area contributed by atoms with Crippen molar-refractivity contribution in [2.75, 3.05) is 0 Å². The van der Waals surface area contributed by atoms with Crippen LogP contribution in [0.3, 0.4) is 0 Å². The van der Waals surface area contributed by atoms with E-state index in [-0.39, 0.29) is 10.8 Å². The molecule has 3 unspecified atom stereocenters. The second-order valence-electron chi connectivity index (χ2n) is 6.00. The molecular weight excluding hydrogens is 305 g/mol. The molecule has 0 aliphatic heterocycles. The molecule has 0 amide bonds. The molecule has 0 saturated carbocycles. The highest BCUT2D eigenvalue weighted by molar-refractivity contribution is 8.28. The van der Waals surface area contributed by atoms with Crippen LogP contribution in [-0.2, 0) is 0 Å². The van der Waals surface area contributed by atoms with Crippen molar-refractivity contribution in [1.29, 1.82) is 0 Å². The lowest BCUT2D eigenvalue weighted by Gasteiger charge is -2.34. The van der Waals surface area contributed by atoms with Gasteiger partial charge in [0.25, 0.3) is 5.66 Å². The number of hydrogen-bond donors (Lipinski definition) is 0. The lowest BCUT2D eigenvalue weighted by atomic mass is 10.1. The molecule has 0 bridgehead atoms. The summed E-state index contributed by atoms with van der Waals surface area (Å²) in [6, 6.07) is 0. The Labute approximate surface area is 131 Å². The van der Waals surface area contributed by atoms with Gasteiger partial charge in [-0.1, -0.05) is 72.3 Å². The van der Waals surface area contributed by atoms with Crippen LogP contribution in [0, 0.1) is 0 Å². The first kappa shape index (κ1) is 18.9. The van der Waals surface area contributed by atoms with Gasteiger partial charge in [-0.15, -0.1) is 0 Å². The molecule has 0 saturated heterocycles. The van der Waals surface area contributed by atoms with Crippen molar-refractivity contribution < 1.29 is 8.78 Å². The standard InChI is InChI=1S/C17H29F2PS/c1-5-7-11-15(9-6-2)21(3,4)16-12-8-10-14(13-16)17(18,19)20/h8,10,12,15-16H,3-7,9,11,13,20H2,1-2H3. The van der Waals surface area contributed by atoms with Gasteiger partial charge in [-0.25, -0.2) is 9.21 Å². The highest BCUT2D eigenvalue weighted by Crippen LogP contribution is 2.46. The van der Waals surface area contributed by atoms with Gasteiger partial charge < -0.3 is 0 Å². The summed E-state index contributed by atoms with van der Waals surface area (Å²) in [6.45, 7) is 4.36. The van der Waals surface area contributed by atoms with E-state index in [1.54, 1.807) is 21.4 Å². The van der Waals surface area contributed by atoms with Gasteiger partial charge in [0.15, 0.2) is 0 Å². The summed E-state index contributed by atoms with van der Waals surface area (Å²) in [5, 5.41) is 0.534. The number of allylic oxidation sites excluding steroid dienone is 3. The first-order valence-corrected chi connectivity index (χ1v) is 10.4. The van der Waals surface area contributed by atoms with Crippen molar-refractivity contribution in [2.45, 2.75) is 68.5 Å². The molecule has 1 aliphatic rings. The van der Waals surface area contributed by atoms with Crippen LogP contribution in [0.5, 0.6) is 0 Å². The molecule has 0 fully saturated rings. The molecule has 0 aromatic rings. The normalized spacial score (nSPS) is 21.2. The molecule has 0 heterocycles. The Morgan fingerprint density at radius 2 is 2.00 bits per heavy atom. The van der Waals surface area contributed by atoms with Gasteiger partial charge in [-0.2, -0.15) is 8.78 Å². The van der Waals surface area contributed by atoms with Crippen molar-refractivity contribution in [1.82, 2.24) is 0 Å². The Balaban J connectivity index is 2.91. The third-order valence-corrected chi connectivity index (χ3v) is 7.93. The minimum absolute atomic E-state index is 0.0670. The van der Waals surface area contributed by atoms with E-state index in [1.165, 1.54) is 6.42 Å². The minimum atomic E-state index is -2.82. The van der Waals surface area contributed by atoms with Crippen molar-refractivity contribution in [3.63, 3.8) is 0 Å². The SMILES string of the molecule is C=S(=C)(C1C=CC=C(C(F)(F)P)C1)C(CCC)CCCC. The van der Waals surface area contributed by atoms with E-state index < -0.39 is 14.9 Å². The summed E-state index contributed by atoms with van der Waals surface area (Å²) in [7, 11) is 0.226. The van der Waals surface area contributed by atoms with E-state index in [0.717, 1.165) is 25.7 Å². The van der Waals surface area contributed by atoms with Crippen LogP contribution in [0.2, 0.25) is 0 Å². The fraction of sp³-hybridized carbons (Fsp3) is 0.647. The molecule has 0 spiro atoms. The maximum absolute atomic E-state index is 13.6. The van der Waals surface area contributed by atoms with Crippen molar-refractivity contribution in [3.8, 4) is 0 Å². The summed E-state index contributed by atoms with van der Waals surface area (Å²) < 4.78 is 27.1. The van der Waals surface area contributed by atoms with Crippen LogP contribution in [0.4, 0.5) is 8.78 Å². The number of rotatable bonds is 8. The Bertz CT molecular complexity index is 483. The first-order valence-electron chi connectivity index (χ1n) is 7.75. The maximum atomic E-state index is 13.6. The summed E-state index contributed by atoms with van der Waals surface area (Å²) >= 11 is 0. The molecule has 1 aliphatic carbocycles. The molecule has 21 heavy (non-hydrogen) atoms. The highest BCUT2D eigenvalue weighted by atomic mass is 32.2. The second kappa shape index (κ2) is 7.92. The minimum Gasteiger partial charge on any atom is -0.205 e. The van der Waals surface area contributed by atoms with E-state index in [1.807, 2.05) is 6.08 Å². The van der Waals surface area contributed by atoms with E-state index in [0.29, 0.717) is 11.7 Å². The average molecular weight is 334 g/mol. The summed E-state index contributed by atoms with van der Waals surface area (Å²) in [6.07, 6.45) is 11.4. The third kappa shape index (κ3) is 5.21. The molecule has 0 N–H and O–H groups in total. The molecular formula is C17H29F2PS. The van der Waals surface area contributed by atoms with Crippen LogP contribution in [0.1, 0.15) is 52.4 Å². The van der Waals surface area contributed by atoms with Gasteiger partial charge in [-0.05, 0) is 24.5 Å². The van der Waals surface area contributed by atoms with Gasteiger partial charge >= 0.3 is 0 Å². The van der Waals surface area contributed by atoms with Crippen molar-refractivity contribution in [2.24, 2.45) is 0 Å². The summed E-state index contributed by atoms with van der Waals surface area (Å²) in [4.78, 5) is 0. The van der Waals surface area contributed by atoms with Crippen LogP contribution in [0.15, 0.2) is 23.8 Å². The van der Waals surface area contributed by atoms with Crippen LogP contribution >= 0.6 is 18.4 Å². The Morgan fingerprint density at radius 3 is 2.52 bits per heavy atom. The fourth-order valence-electron chi connectivity index (χ4n) is 2.83. The number of hydrogen-bond acceptors (Lipinski definition) is 0. The van der Waals surface area contributed by atoms with Gasteiger partial charge in [0, 0.05) is 10.8 Å². The number of alkyl halides is 2. The summed E-state index contributed by atoms with van der Waals surface area (Å²) in [5.74, 6) is 8.85. The van der Waals surface area contributed by atoms with Gasteiger partial charge in [0.05, 0.1) is 0 Å². The van der Waals surface area contributed by atoms with Crippen molar-refractivity contribution in [3.05, 3.63) is 23.8 Å². The predicted octanol–water partition coefficient (Wildman–Crippen LogP) is 5.74. The number of unbranched alkanes of at least 4 members (excludes halogenated alkanes) is 1. The van der Waals surface area contributed by atoms with Gasteiger partial charge in [0.1, 0.15) is 0 Å². The lowest BCUT2D eigenvalue weighted by Crippen LogP contribution is -2.22. The third-order valence-electron chi connectivity index (χ3n) is 4.23. The van der Waals surface area contributed by atoms with E-state index >= 15 is 0 Å². The van der Waals surface area contributed by atoms with Gasteiger partial charge in [0.2, 0.25) is 0 Å². The predicted molar refractivity (Wildman–Crippen MR) is 100 cm³/mol. The molecule has 4 heteroatoms. The smallest absolute Gasteiger partial charge is 0.205 e. The second-order valence-corrected chi connectivity index (χ2v) is 10.0. The van der Waals surface area contributed by atoms with E-state index in [4.69, 9.17) is 0 Å². The van der Waals surface area contributed by atoms with Gasteiger partial charge in [-0.3, -0.25) is 0 Å². The molecule has 0 nitrogen and oxygen atoms in total. The summed E-state index contributed by atoms with van der Waals surface area (Å²) in [5.41, 5.74) is -2.63. The first-order chi connectivity index (χ1) is 9.73. The van der Waals surface area contributed by atoms with Crippen LogP contribution in [-0.4, -0.2) is 27.9 Å². The van der Waals surface area contributed by atoms with Crippen molar-refractivity contribution >= 4 is 30.2 Å². The molecule has 1 rings (SSSR count). The Morgan fingerprint density at radius 1 is 1.33 bits per heavy atom. The molecule has 0 aromatic carbocycles. The molecule has 122 valence electrons. The Kier molecular flexibility index (Phi) is 7.13. The largest absolute Gasteiger partial charge is 0.280 e. The average Bonchev–Trinajstić information content (AvgIpc) is 2.42. The van der Waals surface area contributed by atoms with Crippen LogP contribution < -0.4 is 0 Å². The number of halogens is 2. The highest BCUT2D eigenvalue weighted by Gasteiger charge is 2.32. The molecule has 0 radical (unpaired) electrons. The molecule has 0 aromatic heterocycles. The van der Waals surface area contributed by atoms with E-state index in [2.05, 4.69) is 25.6 Å². The monoisotopic (exact) mass is 334 g/mol. The van der Waals surface area contributed by atoms with E-state index in [9.17, 15) is 8.78 Å². The zero-order chi connectivity index (χ0) is 16.1. The Hall–Kier alpha value is -0.140. The molecule has 3 atom stereocenters. The fourth-order valence-corrected chi connectivity index (χ4v) is 5.80. The zero-order valence-corrected chi connectivity index (χ0v) is 15.3. The topological polar surface area (TPSA) is 0 Å². The quantitative estimate of drug-likeness (QED) is 0.392. The lowest BCUT2D eigenvalue weighted by molar-refractivity contribution is 0.142. The van der Waals surface area contributed by atoms with Crippen LogP contribution in [0.25, 0.3) is 0 Å².